The van der Waals surface area contributed by atoms with Crippen LogP contribution < -0.4 is 11.0 Å². The number of nitrogens with one attached hydrogen (secondary N) is 1. The third kappa shape index (κ3) is 4.38. The number of hydrogen-bond acceptors (Lipinski definition) is 6. The minimum atomic E-state index is -0.330. The normalized spacial score (nSPS) is 12.6. The van der Waals surface area contributed by atoms with E-state index in [-0.39, 0.29) is 23.1 Å². The van der Waals surface area contributed by atoms with Gasteiger partial charge in [-0.25, -0.2) is 4.79 Å². The summed E-state index contributed by atoms with van der Waals surface area (Å²) in [6.45, 7) is 1.84. The maximum Gasteiger partial charge on any atom is 0.349 e. The van der Waals surface area contributed by atoms with E-state index in [1.807, 2.05) is 6.07 Å². The van der Waals surface area contributed by atoms with Crippen molar-refractivity contribution in [2.45, 2.75) is 37.8 Å². The van der Waals surface area contributed by atoms with E-state index in [1.165, 1.54) is 18.7 Å². The summed E-state index contributed by atoms with van der Waals surface area (Å²) in [6, 6.07) is 10.5. The Balaban J connectivity index is 1.47. The summed E-state index contributed by atoms with van der Waals surface area (Å²) in [5, 5.41) is 3.42. The van der Waals surface area contributed by atoms with Gasteiger partial charge in [-0.15, -0.1) is 0 Å². The van der Waals surface area contributed by atoms with Crippen LogP contribution in [0.2, 0.25) is 0 Å². The lowest BCUT2D eigenvalue weighted by Gasteiger charge is -2.13. The number of ketones is 1. The van der Waals surface area contributed by atoms with E-state index >= 15 is 0 Å². The van der Waals surface area contributed by atoms with Crippen LogP contribution in [0.25, 0.3) is 0 Å². The number of aromatic nitrogens is 2. The van der Waals surface area contributed by atoms with Gasteiger partial charge < -0.3 is 9.73 Å². The van der Waals surface area contributed by atoms with Gasteiger partial charge in [0.25, 0.3) is 0 Å². The maximum atomic E-state index is 12.6. The molecule has 0 spiro atoms. The molecule has 0 atom stereocenters. The second kappa shape index (κ2) is 8.71. The fourth-order valence-electron chi connectivity index (χ4n) is 3.57. The van der Waals surface area contributed by atoms with Crippen molar-refractivity contribution in [3.05, 3.63) is 75.7 Å². The highest BCUT2D eigenvalue weighted by atomic mass is 32.2. The standard InChI is InChI=1S/C22H21N3O4S/c1-14(26)15-5-2-6-16(11-15)23-20(27)13-30-21-18-8-3-9-19(18)25(22(28)24-21)12-17-7-4-10-29-17/h2,4-7,10-11H,3,8-9,12-13H2,1H3,(H,23,27). The summed E-state index contributed by atoms with van der Waals surface area (Å²) in [5.41, 5.74) is 2.80. The second-order valence-corrected chi connectivity index (χ2v) is 8.08. The quantitative estimate of drug-likeness (QED) is 0.356. The minimum Gasteiger partial charge on any atom is -0.467 e. The zero-order valence-electron chi connectivity index (χ0n) is 16.5. The number of amides is 1. The van der Waals surface area contributed by atoms with Crippen molar-refractivity contribution in [2.75, 3.05) is 11.1 Å². The van der Waals surface area contributed by atoms with Crippen LogP contribution in [-0.2, 0) is 24.2 Å². The Bertz CT molecular complexity index is 1150. The van der Waals surface area contributed by atoms with Crippen LogP contribution in [0.5, 0.6) is 0 Å². The lowest BCUT2D eigenvalue weighted by molar-refractivity contribution is -0.113. The Kier molecular flexibility index (Phi) is 5.85. The topological polar surface area (TPSA) is 94.2 Å². The molecule has 0 radical (unpaired) electrons. The molecule has 0 fully saturated rings. The smallest absolute Gasteiger partial charge is 0.349 e. The molecule has 1 aromatic carbocycles. The fraction of sp³-hybridized carbons (Fsp3) is 0.273. The van der Waals surface area contributed by atoms with Gasteiger partial charge in [0.05, 0.1) is 18.6 Å². The van der Waals surface area contributed by atoms with Crippen LogP contribution in [0.3, 0.4) is 0 Å². The molecule has 154 valence electrons. The molecule has 2 aromatic heterocycles. The van der Waals surface area contributed by atoms with E-state index in [0.717, 1.165) is 30.5 Å². The van der Waals surface area contributed by atoms with Gasteiger partial charge >= 0.3 is 5.69 Å². The molecule has 1 N–H and O–H groups in total. The Labute approximate surface area is 177 Å². The van der Waals surface area contributed by atoms with Crippen LogP contribution in [0.4, 0.5) is 5.69 Å². The highest BCUT2D eigenvalue weighted by Gasteiger charge is 2.23. The highest BCUT2D eigenvalue weighted by molar-refractivity contribution is 8.00. The van der Waals surface area contributed by atoms with Gasteiger partial charge in [0.15, 0.2) is 5.78 Å². The Morgan fingerprint density at radius 3 is 2.87 bits per heavy atom. The van der Waals surface area contributed by atoms with Gasteiger partial charge in [-0.2, -0.15) is 4.98 Å². The lowest BCUT2D eigenvalue weighted by atomic mass is 10.1. The molecule has 1 aliphatic carbocycles. The van der Waals surface area contributed by atoms with E-state index in [0.29, 0.717) is 28.6 Å². The van der Waals surface area contributed by atoms with Crippen LogP contribution in [0, 0.1) is 0 Å². The SMILES string of the molecule is CC(=O)c1cccc(NC(=O)CSc2nc(=O)n(Cc3ccco3)c3c2CCC3)c1. The number of benzene rings is 1. The predicted octanol–water partition coefficient (Wildman–Crippen LogP) is 3.31. The average molecular weight is 423 g/mol. The lowest BCUT2D eigenvalue weighted by Crippen LogP contribution is -2.28. The summed E-state index contributed by atoms with van der Waals surface area (Å²) in [6.07, 6.45) is 4.19. The number of anilines is 1. The van der Waals surface area contributed by atoms with Gasteiger partial charge in [-0.1, -0.05) is 23.9 Å². The summed E-state index contributed by atoms with van der Waals surface area (Å²) in [7, 11) is 0. The third-order valence-electron chi connectivity index (χ3n) is 4.99. The molecule has 1 amide bonds. The maximum absolute atomic E-state index is 12.6. The number of furan rings is 1. The molecule has 8 heteroatoms. The first-order valence-electron chi connectivity index (χ1n) is 9.70. The van der Waals surface area contributed by atoms with E-state index in [9.17, 15) is 14.4 Å². The molecule has 3 aromatic rings. The molecule has 0 aliphatic heterocycles. The molecule has 0 unspecified atom stereocenters. The van der Waals surface area contributed by atoms with Crippen molar-refractivity contribution in [3.8, 4) is 0 Å². The molecule has 1 aliphatic rings. The third-order valence-corrected chi connectivity index (χ3v) is 6.01. The number of carbonyl (C=O) groups excluding carboxylic acids is 2. The van der Waals surface area contributed by atoms with Crippen molar-refractivity contribution >= 4 is 29.1 Å². The number of hydrogen-bond donors (Lipinski definition) is 1. The molecule has 0 bridgehead atoms. The molecule has 0 saturated carbocycles. The van der Waals surface area contributed by atoms with E-state index in [4.69, 9.17) is 4.42 Å². The molecule has 30 heavy (non-hydrogen) atoms. The highest BCUT2D eigenvalue weighted by Crippen LogP contribution is 2.29. The minimum absolute atomic E-state index is 0.0599. The van der Waals surface area contributed by atoms with Crippen LogP contribution in [0.15, 0.2) is 56.9 Å². The van der Waals surface area contributed by atoms with Gasteiger partial charge in [0.2, 0.25) is 5.91 Å². The summed E-state index contributed by atoms with van der Waals surface area (Å²) in [5.74, 6) is 0.565. The van der Waals surface area contributed by atoms with Gasteiger partial charge in [-0.3, -0.25) is 14.2 Å². The van der Waals surface area contributed by atoms with Crippen molar-refractivity contribution < 1.29 is 14.0 Å². The molecule has 0 saturated heterocycles. The van der Waals surface area contributed by atoms with Crippen molar-refractivity contribution in [3.63, 3.8) is 0 Å². The van der Waals surface area contributed by atoms with Gasteiger partial charge in [0.1, 0.15) is 10.8 Å². The first-order valence-corrected chi connectivity index (χ1v) is 10.7. The summed E-state index contributed by atoms with van der Waals surface area (Å²) in [4.78, 5) is 40.8. The van der Waals surface area contributed by atoms with E-state index in [1.54, 1.807) is 41.2 Å². The first-order chi connectivity index (χ1) is 14.5. The number of fused-ring (bicyclic) bond motifs is 1. The van der Waals surface area contributed by atoms with Gasteiger partial charge in [0, 0.05) is 22.5 Å². The van der Waals surface area contributed by atoms with E-state index < -0.39 is 0 Å². The predicted molar refractivity (Wildman–Crippen MR) is 114 cm³/mol. The fourth-order valence-corrected chi connectivity index (χ4v) is 4.45. The summed E-state index contributed by atoms with van der Waals surface area (Å²) < 4.78 is 7.04. The molecule has 4 rings (SSSR count). The molecule has 2 heterocycles. The largest absolute Gasteiger partial charge is 0.467 e. The molecule has 7 nitrogen and oxygen atoms in total. The monoisotopic (exact) mass is 423 g/mol. The number of carbonyl (C=O) groups is 2. The van der Waals surface area contributed by atoms with Gasteiger partial charge in [-0.05, 0) is 50.5 Å². The Morgan fingerprint density at radius 2 is 2.10 bits per heavy atom. The van der Waals surface area contributed by atoms with Crippen LogP contribution in [-0.4, -0.2) is 27.0 Å². The van der Waals surface area contributed by atoms with Crippen molar-refractivity contribution in [1.29, 1.82) is 0 Å². The first kappa shape index (κ1) is 20.2. The molecular formula is C22H21N3O4S. The number of Topliss-reactive ketones (excluding diaryl/α,β-unsaturated/α-hetero) is 1. The Morgan fingerprint density at radius 1 is 1.23 bits per heavy atom. The van der Waals surface area contributed by atoms with Crippen molar-refractivity contribution in [2.24, 2.45) is 0 Å². The van der Waals surface area contributed by atoms with Crippen LogP contribution >= 0.6 is 11.8 Å². The zero-order chi connectivity index (χ0) is 21.1. The summed E-state index contributed by atoms with van der Waals surface area (Å²) >= 11 is 1.27. The number of rotatable bonds is 7. The average Bonchev–Trinajstić information content (AvgIpc) is 3.41. The van der Waals surface area contributed by atoms with Crippen LogP contribution in [0.1, 0.15) is 40.7 Å². The van der Waals surface area contributed by atoms with Crippen molar-refractivity contribution in [1.82, 2.24) is 9.55 Å². The molecular weight excluding hydrogens is 402 g/mol. The Hall–Kier alpha value is -3.13. The number of thioether (sulfide) groups is 1. The van der Waals surface area contributed by atoms with E-state index in [2.05, 4.69) is 10.3 Å². The second-order valence-electron chi connectivity index (χ2n) is 7.12. The zero-order valence-corrected chi connectivity index (χ0v) is 17.3. The number of nitrogens with zero attached hydrogens (tertiary/aromatic N) is 2.